The van der Waals surface area contributed by atoms with Crippen LogP contribution in [-0.4, -0.2) is 57.2 Å². The van der Waals surface area contributed by atoms with Crippen LogP contribution in [0.5, 0.6) is 0 Å². The van der Waals surface area contributed by atoms with Crippen molar-refractivity contribution in [3.05, 3.63) is 45.1 Å². The van der Waals surface area contributed by atoms with E-state index in [1.165, 1.54) is 23.5 Å². The third kappa shape index (κ3) is 3.37. The van der Waals surface area contributed by atoms with Crippen molar-refractivity contribution in [1.82, 2.24) is 5.06 Å². The van der Waals surface area contributed by atoms with E-state index in [2.05, 4.69) is 0 Å². The Morgan fingerprint density at radius 2 is 2.08 bits per heavy atom. The lowest BCUT2D eigenvalue weighted by Crippen LogP contribution is -2.70. The molecule has 4 aliphatic carbocycles. The molecule has 206 valence electrons. The van der Waals surface area contributed by atoms with Crippen molar-refractivity contribution in [1.29, 1.82) is 0 Å². The highest BCUT2D eigenvalue weighted by molar-refractivity contribution is 8.13. The first kappa shape index (κ1) is 27.0. The molecular formula is C27H29ClF3NO4S2. The molecule has 11 heteroatoms. The normalized spacial score (nSPS) is 45.8. The van der Waals surface area contributed by atoms with Crippen LogP contribution in [0.2, 0.25) is 4.34 Å². The number of hydrogen-bond acceptors (Lipinski definition) is 7. The average Bonchev–Trinajstić information content (AvgIpc) is 3.50. The summed E-state index contributed by atoms with van der Waals surface area (Å²) in [7, 11) is 0. The summed E-state index contributed by atoms with van der Waals surface area (Å²) >= 11 is 8.01. The molecule has 1 saturated heterocycles. The summed E-state index contributed by atoms with van der Waals surface area (Å²) in [4.78, 5) is 33.1. The number of carbonyl (C=O) groups excluding carboxylic acids is 2. The van der Waals surface area contributed by atoms with E-state index in [9.17, 15) is 19.1 Å². The Morgan fingerprint density at radius 3 is 2.76 bits per heavy atom. The number of fused-ring (bicyclic) bond motifs is 7. The first-order valence-corrected chi connectivity index (χ1v) is 15.0. The maximum atomic E-state index is 17.4. The number of ketones is 1. The van der Waals surface area contributed by atoms with Crippen LogP contribution in [0.25, 0.3) is 0 Å². The van der Waals surface area contributed by atoms with Gasteiger partial charge in [0.25, 0.3) is 0 Å². The lowest BCUT2D eigenvalue weighted by Gasteiger charge is -2.63. The minimum absolute atomic E-state index is 0.0559. The van der Waals surface area contributed by atoms with Crippen molar-refractivity contribution < 1.29 is 32.7 Å². The van der Waals surface area contributed by atoms with Crippen LogP contribution >= 0.6 is 34.7 Å². The van der Waals surface area contributed by atoms with Crippen molar-refractivity contribution in [3.8, 4) is 0 Å². The molecule has 1 N–H and O–H groups in total. The molecule has 0 aromatic carbocycles. The minimum atomic E-state index is -2.24. The number of thioether (sulfide) groups is 1. The number of aliphatic hydroxyl groups excluding tert-OH is 1. The SMILES string of the molecule is C[C@]12C=CC(=O)C=C1[C@@H](F)C[C@H]1[C@@H]3C[C@H]4CN(Cc5ccc(Cl)s5)O[C@@]4(C(=O)SCF)[C@@]3(C)C[C@H](O)[C@@]12F. The zero-order valence-electron chi connectivity index (χ0n) is 21.0. The molecule has 1 aromatic rings. The van der Waals surface area contributed by atoms with Gasteiger partial charge in [0.1, 0.15) is 12.2 Å². The third-order valence-electron chi connectivity index (χ3n) is 10.1. The number of allylic oxidation sites excluding steroid dienone is 4. The maximum absolute atomic E-state index is 17.4. The molecule has 2 heterocycles. The first-order valence-electron chi connectivity index (χ1n) is 12.8. The van der Waals surface area contributed by atoms with E-state index < -0.39 is 63.1 Å². The fraction of sp³-hybridized carbons (Fsp3) is 0.630. The molecule has 0 unspecified atom stereocenters. The largest absolute Gasteiger partial charge is 0.390 e. The molecular weight excluding hydrogens is 559 g/mol. The molecule has 0 bridgehead atoms. The number of hydrogen-bond donors (Lipinski definition) is 1. The van der Waals surface area contributed by atoms with Gasteiger partial charge in [0.05, 0.1) is 17.0 Å². The monoisotopic (exact) mass is 587 g/mol. The van der Waals surface area contributed by atoms with E-state index in [4.69, 9.17) is 16.4 Å². The van der Waals surface area contributed by atoms with E-state index in [-0.39, 0.29) is 24.3 Å². The second kappa shape index (κ2) is 8.91. The van der Waals surface area contributed by atoms with Crippen molar-refractivity contribution in [2.45, 2.75) is 63.2 Å². The Labute approximate surface area is 232 Å². The highest BCUT2D eigenvalue weighted by atomic mass is 35.5. The third-order valence-corrected chi connectivity index (χ3v) is 12.0. The van der Waals surface area contributed by atoms with E-state index in [1.807, 2.05) is 13.0 Å². The van der Waals surface area contributed by atoms with Crippen LogP contribution in [0.4, 0.5) is 13.2 Å². The van der Waals surface area contributed by atoms with E-state index in [0.29, 0.717) is 35.6 Å². The number of aliphatic hydroxyl groups is 1. The van der Waals surface area contributed by atoms with Crippen molar-refractivity contribution in [2.24, 2.45) is 28.6 Å². The molecule has 4 fully saturated rings. The number of alkyl halides is 3. The number of halogens is 4. The van der Waals surface area contributed by atoms with E-state index >= 15 is 8.78 Å². The number of rotatable bonds is 4. The van der Waals surface area contributed by atoms with Crippen LogP contribution in [0.15, 0.2) is 35.9 Å². The van der Waals surface area contributed by atoms with E-state index in [0.717, 1.165) is 11.0 Å². The fourth-order valence-electron chi connectivity index (χ4n) is 8.52. The summed E-state index contributed by atoms with van der Waals surface area (Å²) in [5.74, 6) is -2.21. The van der Waals surface area contributed by atoms with Gasteiger partial charge in [-0.25, -0.2) is 13.2 Å². The lowest BCUT2D eigenvalue weighted by atomic mass is 9.44. The Hall–Kier alpha value is -1.17. The van der Waals surface area contributed by atoms with Gasteiger partial charge in [-0.15, -0.1) is 11.3 Å². The summed E-state index contributed by atoms with van der Waals surface area (Å²) in [5.41, 5.74) is -6.24. The molecule has 0 spiro atoms. The summed E-state index contributed by atoms with van der Waals surface area (Å²) in [5, 5.41) is 12.8. The minimum Gasteiger partial charge on any atom is -0.390 e. The smallest absolute Gasteiger partial charge is 0.226 e. The van der Waals surface area contributed by atoms with Gasteiger partial charge in [-0.1, -0.05) is 36.4 Å². The van der Waals surface area contributed by atoms with Gasteiger partial charge in [-0.2, -0.15) is 5.06 Å². The molecule has 0 radical (unpaired) electrons. The van der Waals surface area contributed by atoms with Gasteiger partial charge in [-0.3, -0.25) is 14.4 Å². The van der Waals surface area contributed by atoms with Crippen LogP contribution in [0, 0.1) is 28.6 Å². The standard InChI is InChI=1S/C27H29ClF3NO4S2/c1-24-6-5-15(33)8-19(24)20(30)9-18-17-7-14-11-32(12-16-3-4-22(28)38-16)36-27(14,23(35)37-13-29)25(17,2)10-21(34)26(18,24)31/h3-6,8,14,17-18,20-21,34H,7,9-13H2,1-2H3/t14-,17-,18-,20-,21-,24-,25-,26-,27-/m0/s1. The number of nitrogens with zero attached hydrogens (tertiary/aromatic N) is 1. The topological polar surface area (TPSA) is 66.8 Å². The molecule has 3 saturated carbocycles. The van der Waals surface area contributed by atoms with Crippen LogP contribution in [0.3, 0.4) is 0 Å². The van der Waals surface area contributed by atoms with Gasteiger partial charge >= 0.3 is 0 Å². The predicted molar refractivity (Wildman–Crippen MR) is 140 cm³/mol. The Morgan fingerprint density at radius 1 is 1.32 bits per heavy atom. The zero-order valence-corrected chi connectivity index (χ0v) is 23.4. The van der Waals surface area contributed by atoms with Gasteiger partial charge in [0.15, 0.2) is 17.1 Å². The zero-order chi connectivity index (χ0) is 27.3. The number of thiophene rings is 1. The predicted octanol–water partition coefficient (Wildman–Crippen LogP) is 5.62. The quantitative estimate of drug-likeness (QED) is 0.493. The van der Waals surface area contributed by atoms with Crippen molar-refractivity contribution >= 4 is 45.6 Å². The van der Waals surface area contributed by atoms with Gasteiger partial charge in [0, 0.05) is 34.1 Å². The summed E-state index contributed by atoms with van der Waals surface area (Å²) in [6, 6.07) is 2.72. The Bertz CT molecular complexity index is 1260. The summed E-state index contributed by atoms with van der Waals surface area (Å²) in [6.07, 6.45) is 0.740. The van der Waals surface area contributed by atoms with Gasteiger partial charge < -0.3 is 5.11 Å². The molecule has 9 atom stereocenters. The molecule has 1 aliphatic heterocycles. The molecule has 5 nitrogen and oxygen atoms in total. The highest BCUT2D eigenvalue weighted by Gasteiger charge is 2.79. The molecule has 1 aromatic heterocycles. The van der Waals surface area contributed by atoms with Gasteiger partial charge in [0.2, 0.25) is 5.12 Å². The Kier molecular flexibility index (Phi) is 6.34. The van der Waals surface area contributed by atoms with Crippen molar-refractivity contribution in [3.63, 3.8) is 0 Å². The highest BCUT2D eigenvalue weighted by Crippen LogP contribution is 2.73. The number of carbonyl (C=O) groups is 2. The van der Waals surface area contributed by atoms with E-state index in [1.54, 1.807) is 18.1 Å². The van der Waals surface area contributed by atoms with Crippen LogP contribution < -0.4 is 0 Å². The van der Waals surface area contributed by atoms with Crippen LogP contribution in [-0.2, 0) is 21.0 Å². The molecule has 5 aliphatic rings. The number of hydroxylamine groups is 2. The molecule has 6 rings (SSSR count). The second-order valence-electron chi connectivity index (χ2n) is 11.7. The maximum Gasteiger partial charge on any atom is 0.226 e. The second-order valence-corrected chi connectivity index (χ2v) is 14.4. The van der Waals surface area contributed by atoms with Crippen LogP contribution in [0.1, 0.15) is 38.0 Å². The Balaban J connectivity index is 1.41. The molecule has 38 heavy (non-hydrogen) atoms. The first-order chi connectivity index (χ1) is 17.9. The van der Waals surface area contributed by atoms with Crippen molar-refractivity contribution in [2.75, 3.05) is 12.6 Å². The summed E-state index contributed by atoms with van der Waals surface area (Å²) < 4.78 is 47.3. The fourth-order valence-corrected chi connectivity index (χ4v) is 10.4. The molecule has 0 amide bonds. The lowest BCUT2D eigenvalue weighted by molar-refractivity contribution is -0.266. The van der Waals surface area contributed by atoms with Gasteiger partial charge in [-0.05, 0) is 62.0 Å². The summed E-state index contributed by atoms with van der Waals surface area (Å²) in [6.45, 7) is 4.09. The average molecular weight is 588 g/mol.